The summed E-state index contributed by atoms with van der Waals surface area (Å²) < 4.78 is 0. The highest BCUT2D eigenvalue weighted by Crippen LogP contribution is 2.42. The molecule has 0 aromatic heterocycles. The van der Waals surface area contributed by atoms with Gasteiger partial charge in [-0.3, -0.25) is 4.79 Å². The average Bonchev–Trinajstić information content (AvgIpc) is 2.95. The molecule has 5 heteroatoms. The smallest absolute Gasteiger partial charge is 0.230 e. The highest BCUT2D eigenvalue weighted by molar-refractivity contribution is 7.98. The molecule has 1 atom stereocenters. The molecule has 0 saturated heterocycles. The molecule has 3 nitrogen and oxygen atoms in total. The molecule has 1 aliphatic rings. The van der Waals surface area contributed by atoms with Crippen molar-refractivity contribution in [3.05, 3.63) is 34.9 Å². The molecule has 1 aromatic rings. The van der Waals surface area contributed by atoms with Gasteiger partial charge in [0.15, 0.2) is 0 Å². The van der Waals surface area contributed by atoms with Crippen LogP contribution in [0.5, 0.6) is 0 Å². The monoisotopic (exact) mass is 341 g/mol. The van der Waals surface area contributed by atoms with Crippen molar-refractivity contribution >= 4 is 29.3 Å². The van der Waals surface area contributed by atoms with Crippen LogP contribution in [0.2, 0.25) is 5.02 Å². The Morgan fingerprint density at radius 1 is 1.45 bits per heavy atom. The topological polar surface area (TPSA) is 49.3 Å². The molecule has 0 bridgehead atoms. The molecule has 122 valence electrons. The summed E-state index contributed by atoms with van der Waals surface area (Å²) in [6.07, 6.45) is 5.71. The lowest BCUT2D eigenvalue weighted by molar-refractivity contribution is -0.127. The summed E-state index contributed by atoms with van der Waals surface area (Å²) in [6.45, 7) is 2.03. The highest BCUT2D eigenvalue weighted by Gasteiger charge is 2.43. The van der Waals surface area contributed by atoms with E-state index in [0.29, 0.717) is 10.8 Å². The second-order valence-corrected chi connectivity index (χ2v) is 7.71. The molecule has 0 heterocycles. The fourth-order valence-corrected chi connectivity index (χ4v) is 4.13. The molecule has 1 saturated carbocycles. The molecule has 1 aromatic carbocycles. The Hall–Kier alpha value is -0.710. The molecule has 0 radical (unpaired) electrons. The first kappa shape index (κ1) is 17.6. The van der Waals surface area contributed by atoms with Gasteiger partial charge in [-0.1, -0.05) is 36.6 Å². The average molecular weight is 342 g/mol. The largest absolute Gasteiger partial charge is 0.387 e. The molecular weight excluding hydrogens is 318 g/mol. The van der Waals surface area contributed by atoms with Crippen molar-refractivity contribution < 1.29 is 9.90 Å². The Kier molecular flexibility index (Phi) is 5.81. The first-order valence-corrected chi connectivity index (χ1v) is 9.42. The Morgan fingerprint density at radius 2 is 2.14 bits per heavy atom. The zero-order valence-electron chi connectivity index (χ0n) is 13.2. The quantitative estimate of drug-likeness (QED) is 0.834. The van der Waals surface area contributed by atoms with Gasteiger partial charge in [-0.15, -0.1) is 0 Å². The number of hydrogen-bond donors (Lipinski definition) is 2. The minimum atomic E-state index is -0.886. The molecule has 22 heavy (non-hydrogen) atoms. The summed E-state index contributed by atoms with van der Waals surface area (Å²) in [7, 11) is 0. The number of hydrogen-bond acceptors (Lipinski definition) is 3. The van der Waals surface area contributed by atoms with Crippen LogP contribution in [0.25, 0.3) is 0 Å². The van der Waals surface area contributed by atoms with Crippen molar-refractivity contribution in [1.82, 2.24) is 5.32 Å². The fourth-order valence-electron chi connectivity index (χ4n) is 3.21. The SMILES string of the molecule is CSCC(C)(O)CNC(=O)C1(c2cccc(Cl)c2)CCCC1. The zero-order chi connectivity index (χ0) is 16.2. The predicted octanol–water partition coefficient (Wildman–Crippen LogP) is 3.38. The number of thioether (sulfide) groups is 1. The Bertz CT molecular complexity index is 527. The molecule has 2 rings (SSSR count). The number of amides is 1. The normalized spacial score (nSPS) is 19.6. The molecule has 0 aliphatic heterocycles. The van der Waals surface area contributed by atoms with Crippen LogP contribution in [0.3, 0.4) is 0 Å². The summed E-state index contributed by atoms with van der Waals surface area (Å²) in [5, 5.41) is 13.9. The van der Waals surface area contributed by atoms with Gasteiger partial charge < -0.3 is 10.4 Å². The van der Waals surface area contributed by atoms with Gasteiger partial charge >= 0.3 is 0 Å². The molecule has 0 spiro atoms. The van der Waals surface area contributed by atoms with Crippen LogP contribution >= 0.6 is 23.4 Å². The van der Waals surface area contributed by atoms with Crippen molar-refractivity contribution in [2.75, 3.05) is 18.6 Å². The van der Waals surface area contributed by atoms with Gasteiger partial charge in [0, 0.05) is 17.3 Å². The van der Waals surface area contributed by atoms with Gasteiger partial charge in [-0.25, -0.2) is 0 Å². The summed E-state index contributed by atoms with van der Waals surface area (Å²) in [5.41, 5.74) is -0.400. The van der Waals surface area contributed by atoms with Crippen molar-refractivity contribution in [3.8, 4) is 0 Å². The van der Waals surface area contributed by atoms with Crippen molar-refractivity contribution in [1.29, 1.82) is 0 Å². The maximum absolute atomic E-state index is 12.9. The van der Waals surface area contributed by atoms with Crippen LogP contribution < -0.4 is 5.32 Å². The molecular formula is C17H24ClNO2S. The molecule has 1 unspecified atom stereocenters. The van der Waals surface area contributed by atoms with E-state index in [-0.39, 0.29) is 12.5 Å². The van der Waals surface area contributed by atoms with Crippen LogP contribution in [-0.4, -0.2) is 35.2 Å². The first-order chi connectivity index (χ1) is 10.4. The summed E-state index contributed by atoms with van der Waals surface area (Å²) in [4.78, 5) is 12.9. The van der Waals surface area contributed by atoms with E-state index in [1.54, 1.807) is 18.7 Å². The van der Waals surface area contributed by atoms with Gasteiger partial charge in [0.2, 0.25) is 5.91 Å². The summed E-state index contributed by atoms with van der Waals surface area (Å²) in [5.74, 6) is 0.603. The maximum atomic E-state index is 12.9. The number of carbonyl (C=O) groups excluding carboxylic acids is 1. The lowest BCUT2D eigenvalue weighted by atomic mass is 9.78. The third-order valence-electron chi connectivity index (χ3n) is 4.35. The van der Waals surface area contributed by atoms with Crippen molar-refractivity contribution in [3.63, 3.8) is 0 Å². The lowest BCUT2D eigenvalue weighted by Crippen LogP contribution is -2.49. The van der Waals surface area contributed by atoms with Gasteiger partial charge in [0.25, 0.3) is 0 Å². The van der Waals surface area contributed by atoms with E-state index in [1.165, 1.54) is 0 Å². The Morgan fingerprint density at radius 3 is 2.73 bits per heavy atom. The Labute approximate surface area is 141 Å². The van der Waals surface area contributed by atoms with Crippen LogP contribution in [0, 0.1) is 0 Å². The van der Waals surface area contributed by atoms with E-state index in [0.717, 1.165) is 31.2 Å². The number of rotatable bonds is 6. The van der Waals surface area contributed by atoms with E-state index in [4.69, 9.17) is 11.6 Å². The maximum Gasteiger partial charge on any atom is 0.230 e. The third kappa shape index (κ3) is 3.98. The van der Waals surface area contributed by atoms with Crippen molar-refractivity contribution in [2.24, 2.45) is 0 Å². The van der Waals surface area contributed by atoms with Gasteiger partial charge in [-0.2, -0.15) is 11.8 Å². The predicted molar refractivity (Wildman–Crippen MR) is 93.6 cm³/mol. The van der Waals surface area contributed by atoms with E-state index in [1.807, 2.05) is 30.5 Å². The van der Waals surface area contributed by atoms with E-state index in [9.17, 15) is 9.90 Å². The summed E-state index contributed by atoms with van der Waals surface area (Å²) >= 11 is 7.68. The van der Waals surface area contributed by atoms with E-state index < -0.39 is 11.0 Å². The Balaban J connectivity index is 2.16. The van der Waals surface area contributed by atoms with Gasteiger partial charge in [-0.05, 0) is 43.7 Å². The lowest BCUT2D eigenvalue weighted by Gasteiger charge is -2.31. The van der Waals surface area contributed by atoms with Gasteiger partial charge in [0.1, 0.15) is 0 Å². The number of halogens is 1. The van der Waals surface area contributed by atoms with Crippen LogP contribution in [0.15, 0.2) is 24.3 Å². The van der Waals surface area contributed by atoms with Crippen LogP contribution in [-0.2, 0) is 10.2 Å². The molecule has 2 N–H and O–H groups in total. The fraction of sp³-hybridized carbons (Fsp3) is 0.588. The molecule has 1 fully saturated rings. The summed E-state index contributed by atoms with van der Waals surface area (Å²) in [6, 6.07) is 7.60. The first-order valence-electron chi connectivity index (χ1n) is 7.65. The molecule has 1 amide bonds. The van der Waals surface area contributed by atoms with E-state index >= 15 is 0 Å². The van der Waals surface area contributed by atoms with E-state index in [2.05, 4.69) is 5.32 Å². The highest BCUT2D eigenvalue weighted by atomic mass is 35.5. The second kappa shape index (κ2) is 7.24. The minimum absolute atomic E-state index is 0.00800. The van der Waals surface area contributed by atoms with Crippen LogP contribution in [0.1, 0.15) is 38.2 Å². The minimum Gasteiger partial charge on any atom is -0.387 e. The molecule has 1 aliphatic carbocycles. The second-order valence-electron chi connectivity index (χ2n) is 6.41. The number of aliphatic hydroxyl groups is 1. The number of carbonyl (C=O) groups is 1. The number of nitrogens with one attached hydrogen (secondary N) is 1. The number of benzene rings is 1. The third-order valence-corrected chi connectivity index (χ3v) is 5.50. The standard InChI is InChI=1S/C17H24ClNO2S/c1-16(21,12-22-2)11-19-15(20)17(8-3-4-9-17)13-6-5-7-14(18)10-13/h5-7,10,21H,3-4,8-9,11-12H2,1-2H3,(H,19,20). The zero-order valence-corrected chi connectivity index (χ0v) is 14.8. The van der Waals surface area contributed by atoms with Crippen molar-refractivity contribution in [2.45, 2.75) is 43.6 Å². The van der Waals surface area contributed by atoms with Crippen LogP contribution in [0.4, 0.5) is 0 Å². The van der Waals surface area contributed by atoms with Gasteiger partial charge in [0.05, 0.1) is 11.0 Å².